The predicted molar refractivity (Wildman–Crippen MR) is 94.7 cm³/mol. The summed E-state index contributed by atoms with van der Waals surface area (Å²) in [5, 5.41) is 2.91. The topological polar surface area (TPSA) is 75.3 Å². The predicted octanol–water partition coefficient (Wildman–Crippen LogP) is 3.67. The Morgan fingerprint density at radius 1 is 1.11 bits per heavy atom. The fourth-order valence-corrected chi connectivity index (χ4v) is 3.60. The quantitative estimate of drug-likeness (QED) is 0.825. The first kappa shape index (κ1) is 19.2. The fraction of sp³-hybridized carbons (Fsp3) is 0.278. The van der Waals surface area contributed by atoms with Crippen LogP contribution in [0, 0.1) is 6.92 Å². The molecule has 0 fully saturated rings. The van der Waals surface area contributed by atoms with Crippen molar-refractivity contribution < 1.29 is 26.4 Å². The molecule has 1 aliphatic rings. The number of carbonyl (C=O) groups excluding carboxylic acids is 1. The molecule has 144 valence electrons. The lowest BCUT2D eigenvalue weighted by molar-refractivity contribution is -0.0429. The van der Waals surface area contributed by atoms with Gasteiger partial charge in [0.15, 0.2) is 0 Å². The summed E-state index contributed by atoms with van der Waals surface area (Å²) < 4.78 is 60.8. The van der Waals surface area contributed by atoms with Gasteiger partial charge < -0.3 is 5.32 Å². The smallest absolute Gasteiger partial charge is 0.345 e. The third-order valence-electron chi connectivity index (χ3n) is 4.39. The van der Waals surface area contributed by atoms with Gasteiger partial charge in [-0.2, -0.15) is 21.6 Å². The van der Waals surface area contributed by atoms with E-state index in [9.17, 15) is 26.4 Å². The van der Waals surface area contributed by atoms with Gasteiger partial charge in [0.05, 0.1) is 6.04 Å². The van der Waals surface area contributed by atoms with Crippen molar-refractivity contribution in [3.05, 3.63) is 64.7 Å². The van der Waals surface area contributed by atoms with E-state index in [1.807, 2.05) is 19.1 Å². The van der Waals surface area contributed by atoms with Gasteiger partial charge in [-0.25, -0.2) is 0 Å². The third kappa shape index (κ3) is 4.08. The van der Waals surface area contributed by atoms with Crippen LogP contribution in [0.3, 0.4) is 0 Å². The second kappa shape index (κ2) is 6.88. The van der Waals surface area contributed by atoms with Gasteiger partial charge >= 0.3 is 15.5 Å². The molecule has 3 rings (SSSR count). The molecule has 0 unspecified atom stereocenters. The van der Waals surface area contributed by atoms with E-state index in [1.165, 1.54) is 22.4 Å². The highest BCUT2D eigenvalue weighted by Gasteiger charge is 2.46. The van der Waals surface area contributed by atoms with E-state index in [0.29, 0.717) is 0 Å². The van der Waals surface area contributed by atoms with Gasteiger partial charge in [0, 0.05) is 11.3 Å². The molecule has 2 aromatic carbocycles. The van der Waals surface area contributed by atoms with Gasteiger partial charge in [-0.1, -0.05) is 23.8 Å². The number of hydrogen-bond acceptors (Lipinski definition) is 3. The summed E-state index contributed by atoms with van der Waals surface area (Å²) in [6.07, 6.45) is 1.63. The Kier molecular flexibility index (Phi) is 4.90. The molecular weight excluding hydrogens is 381 g/mol. The van der Waals surface area contributed by atoms with E-state index in [4.69, 9.17) is 0 Å². The number of alkyl halides is 3. The average Bonchev–Trinajstić information content (AvgIpc) is 2.96. The lowest BCUT2D eigenvalue weighted by Crippen LogP contribution is -2.30. The molecular formula is C18H17F3N2O3S. The van der Waals surface area contributed by atoms with Crippen LogP contribution in [0.25, 0.3) is 0 Å². The van der Waals surface area contributed by atoms with Crippen LogP contribution in [0.1, 0.15) is 39.5 Å². The SMILES string of the molecule is Cc1ccc2c(c1)CC[C@H]2NC(=O)c1ccc(NS(=O)(=O)C(F)(F)F)cc1. The van der Waals surface area contributed by atoms with E-state index in [1.54, 1.807) is 0 Å². The lowest BCUT2D eigenvalue weighted by Gasteiger charge is -2.15. The summed E-state index contributed by atoms with van der Waals surface area (Å²) in [7, 11) is -5.49. The van der Waals surface area contributed by atoms with Crippen LogP contribution in [0.2, 0.25) is 0 Å². The van der Waals surface area contributed by atoms with Crippen LogP contribution in [-0.4, -0.2) is 19.8 Å². The van der Waals surface area contributed by atoms with Crippen molar-refractivity contribution in [1.82, 2.24) is 5.32 Å². The highest BCUT2D eigenvalue weighted by Crippen LogP contribution is 2.32. The van der Waals surface area contributed by atoms with Crippen LogP contribution in [0.5, 0.6) is 0 Å². The minimum absolute atomic E-state index is 0.128. The average molecular weight is 398 g/mol. The molecule has 0 saturated carbocycles. The number of rotatable bonds is 4. The number of amides is 1. The fourth-order valence-electron chi connectivity index (χ4n) is 3.04. The summed E-state index contributed by atoms with van der Waals surface area (Å²) >= 11 is 0. The van der Waals surface area contributed by atoms with Crippen LogP contribution in [-0.2, 0) is 16.4 Å². The molecule has 0 saturated heterocycles. The number of anilines is 1. The van der Waals surface area contributed by atoms with Gasteiger partial charge in [0.2, 0.25) is 0 Å². The third-order valence-corrected chi connectivity index (χ3v) is 5.50. The van der Waals surface area contributed by atoms with Crippen molar-refractivity contribution in [2.75, 3.05) is 4.72 Å². The number of halogens is 3. The van der Waals surface area contributed by atoms with E-state index < -0.39 is 15.5 Å². The molecule has 2 aromatic rings. The number of carbonyl (C=O) groups is 1. The van der Waals surface area contributed by atoms with Crippen molar-refractivity contribution in [2.45, 2.75) is 31.3 Å². The summed E-state index contributed by atoms with van der Waals surface area (Å²) in [5.41, 5.74) is -2.05. The molecule has 2 N–H and O–H groups in total. The molecule has 0 bridgehead atoms. The maximum atomic E-state index is 12.4. The molecule has 9 heteroatoms. The molecule has 1 aliphatic carbocycles. The monoisotopic (exact) mass is 398 g/mol. The summed E-state index contributed by atoms with van der Waals surface area (Å²) in [6.45, 7) is 2.00. The molecule has 0 spiro atoms. The highest BCUT2D eigenvalue weighted by molar-refractivity contribution is 7.93. The molecule has 0 heterocycles. The molecule has 0 aliphatic heterocycles. The molecule has 27 heavy (non-hydrogen) atoms. The van der Waals surface area contributed by atoms with Crippen molar-refractivity contribution in [2.24, 2.45) is 0 Å². The number of fused-ring (bicyclic) bond motifs is 1. The minimum atomic E-state index is -5.49. The van der Waals surface area contributed by atoms with Crippen LogP contribution in [0.15, 0.2) is 42.5 Å². The Hall–Kier alpha value is -2.55. The second-order valence-corrected chi connectivity index (χ2v) is 8.07. The van der Waals surface area contributed by atoms with E-state index >= 15 is 0 Å². The zero-order valence-corrected chi connectivity index (χ0v) is 15.1. The van der Waals surface area contributed by atoms with E-state index in [0.717, 1.165) is 36.1 Å². The zero-order chi connectivity index (χ0) is 19.8. The summed E-state index contributed by atoms with van der Waals surface area (Å²) in [6, 6.07) is 10.7. The summed E-state index contributed by atoms with van der Waals surface area (Å²) in [5.74, 6) is -0.376. The number of benzene rings is 2. The Morgan fingerprint density at radius 2 is 1.78 bits per heavy atom. The maximum Gasteiger partial charge on any atom is 0.516 e. The van der Waals surface area contributed by atoms with Crippen LogP contribution >= 0.6 is 0 Å². The van der Waals surface area contributed by atoms with Crippen molar-refractivity contribution >= 4 is 21.6 Å². The Morgan fingerprint density at radius 3 is 2.41 bits per heavy atom. The largest absolute Gasteiger partial charge is 0.516 e. The number of sulfonamides is 1. The molecule has 0 radical (unpaired) electrons. The molecule has 1 amide bonds. The van der Waals surface area contributed by atoms with Gasteiger partial charge in [-0.05, 0) is 55.2 Å². The number of hydrogen-bond donors (Lipinski definition) is 2. The zero-order valence-electron chi connectivity index (χ0n) is 14.3. The molecule has 0 aromatic heterocycles. The first-order valence-electron chi connectivity index (χ1n) is 8.16. The van der Waals surface area contributed by atoms with Crippen LogP contribution in [0.4, 0.5) is 18.9 Å². The first-order chi connectivity index (χ1) is 12.6. The molecule has 1 atom stereocenters. The standard InChI is InChI=1S/C18H17F3N2O3S/c1-11-2-8-15-13(10-11)5-9-16(15)22-17(24)12-3-6-14(7-4-12)23-27(25,26)18(19,20)21/h2-4,6-8,10,16,23H,5,9H2,1H3,(H,22,24)/t16-/m1/s1. The van der Waals surface area contributed by atoms with Crippen molar-refractivity contribution in [1.29, 1.82) is 0 Å². The highest BCUT2D eigenvalue weighted by atomic mass is 32.2. The van der Waals surface area contributed by atoms with Crippen molar-refractivity contribution in [3.63, 3.8) is 0 Å². The van der Waals surface area contributed by atoms with Gasteiger partial charge in [-0.15, -0.1) is 0 Å². The Labute approximate surface area is 154 Å². The lowest BCUT2D eigenvalue weighted by atomic mass is 10.1. The molecule has 5 nitrogen and oxygen atoms in total. The van der Waals surface area contributed by atoms with E-state index in [2.05, 4.69) is 11.4 Å². The van der Waals surface area contributed by atoms with Gasteiger partial charge in [0.1, 0.15) is 0 Å². The number of aryl methyl sites for hydroxylation is 2. The second-order valence-electron chi connectivity index (χ2n) is 6.40. The van der Waals surface area contributed by atoms with Crippen LogP contribution < -0.4 is 10.0 Å². The normalized spacial score (nSPS) is 16.7. The van der Waals surface area contributed by atoms with Gasteiger partial charge in [-0.3, -0.25) is 9.52 Å². The Balaban J connectivity index is 1.69. The number of nitrogens with one attached hydrogen (secondary N) is 2. The first-order valence-corrected chi connectivity index (χ1v) is 9.64. The minimum Gasteiger partial charge on any atom is -0.345 e. The Bertz CT molecular complexity index is 970. The van der Waals surface area contributed by atoms with Crippen molar-refractivity contribution in [3.8, 4) is 0 Å². The van der Waals surface area contributed by atoms with Gasteiger partial charge in [0.25, 0.3) is 5.91 Å². The van der Waals surface area contributed by atoms with E-state index in [-0.39, 0.29) is 23.2 Å². The maximum absolute atomic E-state index is 12.4. The summed E-state index contributed by atoms with van der Waals surface area (Å²) in [4.78, 5) is 12.4.